The Hall–Kier alpha value is -1.19. The smallest absolute Gasteiger partial charge is 0.320 e. The lowest BCUT2D eigenvalue weighted by Gasteiger charge is -2.11. The van der Waals surface area contributed by atoms with Gasteiger partial charge in [0.1, 0.15) is 17.5 Å². The van der Waals surface area contributed by atoms with Crippen molar-refractivity contribution in [3.8, 4) is 0 Å². The molecule has 0 aromatic heterocycles. The van der Waals surface area contributed by atoms with Crippen LogP contribution < -0.4 is 0 Å². The number of hydrogen-bond donors (Lipinski definition) is 0. The van der Waals surface area contributed by atoms with E-state index in [0.717, 1.165) is 0 Å². The maximum atomic E-state index is 11.7. The summed E-state index contributed by atoms with van der Waals surface area (Å²) < 4.78 is 4.88. The summed E-state index contributed by atoms with van der Waals surface area (Å²) >= 11 is 0. The molecule has 0 radical (unpaired) electrons. The number of Topliss-reactive ketones (excluding diaryl/α,β-unsaturated/α-hetero) is 1. The molecule has 1 aliphatic rings. The Labute approximate surface area is 89.0 Å². The van der Waals surface area contributed by atoms with Crippen LogP contribution in [0.2, 0.25) is 0 Å². The third-order valence-corrected chi connectivity index (χ3v) is 3.22. The van der Waals surface area contributed by atoms with Crippen LogP contribution in [0.1, 0.15) is 27.2 Å². The summed E-state index contributed by atoms with van der Waals surface area (Å²) in [5.41, 5.74) is -1.17. The summed E-state index contributed by atoms with van der Waals surface area (Å²) in [4.78, 5) is 34.0. The molecule has 0 saturated heterocycles. The second-order valence-corrected chi connectivity index (χ2v) is 3.82. The quantitative estimate of drug-likeness (QED) is 0.387. The van der Waals surface area contributed by atoms with Crippen molar-refractivity contribution in [2.24, 2.45) is 17.3 Å². The summed E-state index contributed by atoms with van der Waals surface area (Å²) in [6, 6.07) is 0. The first kappa shape index (κ1) is 11.9. The van der Waals surface area contributed by atoms with E-state index in [1.165, 1.54) is 6.92 Å². The highest BCUT2D eigenvalue weighted by Gasteiger charge is 2.72. The first-order chi connectivity index (χ1) is 7.07. The molecule has 1 fully saturated rings. The average Bonchev–Trinajstić information content (AvgIpc) is 2.86. The van der Waals surface area contributed by atoms with Gasteiger partial charge in [-0.05, 0) is 19.8 Å². The number of esters is 1. The number of ketones is 1. The largest absolute Gasteiger partial charge is 0.465 e. The SMILES string of the molecule is CCOC(=O)[C@@]1(C(C)=O)[C@H](C=O)[C@H]1CC. The third-order valence-electron chi connectivity index (χ3n) is 3.22. The van der Waals surface area contributed by atoms with Gasteiger partial charge in [-0.25, -0.2) is 0 Å². The molecule has 84 valence electrons. The van der Waals surface area contributed by atoms with Crippen molar-refractivity contribution in [2.45, 2.75) is 27.2 Å². The molecule has 0 N–H and O–H groups in total. The van der Waals surface area contributed by atoms with Gasteiger partial charge >= 0.3 is 5.97 Å². The monoisotopic (exact) mass is 212 g/mol. The number of rotatable bonds is 5. The number of hydrogen-bond acceptors (Lipinski definition) is 4. The van der Waals surface area contributed by atoms with Crippen LogP contribution in [0.3, 0.4) is 0 Å². The van der Waals surface area contributed by atoms with Gasteiger partial charge in [0.25, 0.3) is 0 Å². The Morgan fingerprint density at radius 1 is 1.40 bits per heavy atom. The zero-order chi connectivity index (χ0) is 11.6. The van der Waals surface area contributed by atoms with E-state index in [1.807, 2.05) is 6.92 Å². The predicted octanol–water partition coefficient (Wildman–Crippen LogP) is 0.980. The second kappa shape index (κ2) is 4.13. The zero-order valence-corrected chi connectivity index (χ0v) is 9.28. The fraction of sp³-hybridized carbons (Fsp3) is 0.727. The summed E-state index contributed by atoms with van der Waals surface area (Å²) in [5, 5.41) is 0. The topological polar surface area (TPSA) is 60.4 Å². The Balaban J connectivity index is 2.97. The fourth-order valence-corrected chi connectivity index (χ4v) is 2.44. The van der Waals surface area contributed by atoms with E-state index in [0.29, 0.717) is 12.7 Å². The Kier molecular flexibility index (Phi) is 3.27. The van der Waals surface area contributed by atoms with Crippen LogP contribution in [0.15, 0.2) is 0 Å². The molecule has 0 unspecified atom stereocenters. The summed E-state index contributed by atoms with van der Waals surface area (Å²) in [7, 11) is 0. The molecule has 1 saturated carbocycles. The van der Waals surface area contributed by atoms with Gasteiger partial charge in [0, 0.05) is 5.92 Å². The number of carbonyl (C=O) groups is 3. The summed E-state index contributed by atoms with van der Waals surface area (Å²) in [6.45, 7) is 5.13. The van der Waals surface area contributed by atoms with Crippen LogP contribution in [-0.2, 0) is 19.1 Å². The third kappa shape index (κ3) is 1.48. The van der Waals surface area contributed by atoms with E-state index in [1.54, 1.807) is 6.92 Å². The molecule has 0 heterocycles. The van der Waals surface area contributed by atoms with Gasteiger partial charge in [-0.1, -0.05) is 13.3 Å². The van der Waals surface area contributed by atoms with E-state index in [9.17, 15) is 14.4 Å². The molecule has 1 rings (SSSR count). The average molecular weight is 212 g/mol. The van der Waals surface area contributed by atoms with Crippen molar-refractivity contribution in [3.05, 3.63) is 0 Å². The van der Waals surface area contributed by atoms with E-state index < -0.39 is 17.3 Å². The van der Waals surface area contributed by atoms with Gasteiger partial charge in [0.2, 0.25) is 0 Å². The molecule has 0 bridgehead atoms. The zero-order valence-electron chi connectivity index (χ0n) is 9.28. The number of aldehydes is 1. The van der Waals surface area contributed by atoms with Gasteiger partial charge in [0.15, 0.2) is 0 Å². The maximum absolute atomic E-state index is 11.7. The molecule has 0 aromatic rings. The summed E-state index contributed by atoms with van der Waals surface area (Å²) in [6.07, 6.45) is 1.34. The minimum Gasteiger partial charge on any atom is -0.465 e. The van der Waals surface area contributed by atoms with E-state index >= 15 is 0 Å². The Bertz CT molecular complexity index is 297. The Morgan fingerprint density at radius 2 is 2.00 bits per heavy atom. The number of ether oxygens (including phenoxy) is 1. The lowest BCUT2D eigenvalue weighted by atomic mass is 9.96. The molecule has 0 aliphatic heterocycles. The van der Waals surface area contributed by atoms with Crippen LogP contribution in [0.5, 0.6) is 0 Å². The molecule has 0 spiro atoms. The van der Waals surface area contributed by atoms with Crippen molar-refractivity contribution < 1.29 is 19.1 Å². The van der Waals surface area contributed by atoms with Crippen molar-refractivity contribution in [2.75, 3.05) is 6.61 Å². The molecule has 3 atom stereocenters. The van der Waals surface area contributed by atoms with Crippen molar-refractivity contribution in [1.82, 2.24) is 0 Å². The van der Waals surface area contributed by atoms with Crippen LogP contribution in [-0.4, -0.2) is 24.6 Å². The standard InChI is InChI=1S/C11H16O4/c1-4-8-9(6-12)11(8,7(3)13)10(14)15-5-2/h6,8-9H,4-5H2,1-3H3/t8-,9-,11-/m1/s1. The molecular weight excluding hydrogens is 196 g/mol. The van der Waals surface area contributed by atoms with Crippen molar-refractivity contribution in [1.29, 1.82) is 0 Å². The molecule has 4 nitrogen and oxygen atoms in total. The minimum absolute atomic E-state index is 0.174. The molecule has 15 heavy (non-hydrogen) atoms. The van der Waals surface area contributed by atoms with E-state index in [-0.39, 0.29) is 18.3 Å². The highest BCUT2D eigenvalue weighted by Crippen LogP contribution is 2.60. The van der Waals surface area contributed by atoms with Gasteiger partial charge < -0.3 is 9.53 Å². The lowest BCUT2D eigenvalue weighted by molar-refractivity contribution is -0.155. The van der Waals surface area contributed by atoms with Gasteiger partial charge in [-0.2, -0.15) is 0 Å². The first-order valence-corrected chi connectivity index (χ1v) is 5.20. The van der Waals surface area contributed by atoms with E-state index in [4.69, 9.17) is 4.74 Å². The minimum atomic E-state index is -1.17. The van der Waals surface area contributed by atoms with Gasteiger partial charge in [0.05, 0.1) is 6.61 Å². The lowest BCUT2D eigenvalue weighted by Crippen LogP contribution is -2.30. The summed E-state index contributed by atoms with van der Waals surface area (Å²) in [5.74, 6) is -1.46. The van der Waals surface area contributed by atoms with Crippen LogP contribution in [0.25, 0.3) is 0 Å². The van der Waals surface area contributed by atoms with E-state index in [2.05, 4.69) is 0 Å². The van der Waals surface area contributed by atoms with Gasteiger partial charge in [-0.15, -0.1) is 0 Å². The van der Waals surface area contributed by atoms with Crippen molar-refractivity contribution >= 4 is 18.0 Å². The molecule has 4 heteroatoms. The van der Waals surface area contributed by atoms with Crippen molar-refractivity contribution in [3.63, 3.8) is 0 Å². The maximum Gasteiger partial charge on any atom is 0.320 e. The second-order valence-electron chi connectivity index (χ2n) is 3.82. The molecule has 0 aromatic carbocycles. The molecule has 0 amide bonds. The highest BCUT2D eigenvalue weighted by atomic mass is 16.5. The predicted molar refractivity (Wildman–Crippen MR) is 53.1 cm³/mol. The highest BCUT2D eigenvalue weighted by molar-refractivity contribution is 6.10. The van der Waals surface area contributed by atoms with Crippen LogP contribution in [0.4, 0.5) is 0 Å². The first-order valence-electron chi connectivity index (χ1n) is 5.20. The molecule has 1 aliphatic carbocycles. The van der Waals surface area contributed by atoms with Crippen LogP contribution in [0, 0.1) is 17.3 Å². The Morgan fingerprint density at radius 3 is 2.27 bits per heavy atom. The molecular formula is C11H16O4. The number of carbonyl (C=O) groups excluding carboxylic acids is 3. The van der Waals surface area contributed by atoms with Gasteiger partial charge in [-0.3, -0.25) is 9.59 Å². The fourth-order valence-electron chi connectivity index (χ4n) is 2.44. The normalized spacial score (nSPS) is 33.3. The van der Waals surface area contributed by atoms with Crippen LogP contribution >= 0.6 is 0 Å².